The average molecular weight is 527 g/mol. The molecule has 4 rings (SSSR count). The van der Waals surface area contributed by atoms with Crippen molar-refractivity contribution in [3.63, 3.8) is 0 Å². The van der Waals surface area contributed by atoms with Crippen LogP contribution in [0, 0.1) is 13.8 Å². The maximum atomic E-state index is 12.4. The second kappa shape index (κ2) is 11.6. The fraction of sp³-hybridized carbons (Fsp3) is 0.192. The van der Waals surface area contributed by atoms with Gasteiger partial charge in [-0.05, 0) is 61.4 Å². The van der Waals surface area contributed by atoms with Gasteiger partial charge in [-0.25, -0.2) is 0 Å². The van der Waals surface area contributed by atoms with Crippen LogP contribution in [0.1, 0.15) is 22.5 Å². The lowest BCUT2D eigenvalue weighted by Gasteiger charge is -2.14. The number of hydrogen-bond donors (Lipinski definition) is 1. The molecular formula is C26H24Cl2N4O2S. The number of hydrogen-bond acceptors (Lipinski definition) is 5. The molecular weight excluding hydrogens is 503 g/mol. The minimum atomic E-state index is -0.272. The smallest absolute Gasteiger partial charge is 0.258 e. The molecule has 0 unspecified atom stereocenters. The fourth-order valence-electron chi connectivity index (χ4n) is 3.43. The van der Waals surface area contributed by atoms with Gasteiger partial charge in [-0.1, -0.05) is 70.9 Å². The molecule has 6 nitrogen and oxygen atoms in total. The topological polar surface area (TPSA) is 69.0 Å². The van der Waals surface area contributed by atoms with E-state index in [1.54, 1.807) is 36.0 Å². The molecule has 0 atom stereocenters. The Morgan fingerprint density at radius 3 is 2.54 bits per heavy atom. The van der Waals surface area contributed by atoms with Gasteiger partial charge in [0.25, 0.3) is 5.91 Å². The molecule has 0 fully saturated rings. The minimum Gasteiger partial charge on any atom is -0.484 e. The second-order valence-electron chi connectivity index (χ2n) is 7.96. The Labute approximate surface area is 218 Å². The number of carbonyl (C=O) groups is 1. The van der Waals surface area contributed by atoms with Crippen molar-refractivity contribution in [2.45, 2.75) is 31.3 Å². The molecule has 0 aliphatic rings. The lowest BCUT2D eigenvalue weighted by Crippen LogP contribution is -2.29. The summed E-state index contributed by atoms with van der Waals surface area (Å²) in [6.07, 6.45) is 0. The van der Waals surface area contributed by atoms with Crippen molar-refractivity contribution >= 4 is 40.9 Å². The van der Waals surface area contributed by atoms with Gasteiger partial charge >= 0.3 is 0 Å². The van der Waals surface area contributed by atoms with Crippen LogP contribution in [0.5, 0.6) is 5.75 Å². The first-order valence-corrected chi connectivity index (χ1v) is 12.7. The van der Waals surface area contributed by atoms with Crippen molar-refractivity contribution in [1.82, 2.24) is 20.1 Å². The van der Waals surface area contributed by atoms with Crippen LogP contribution in [-0.4, -0.2) is 27.3 Å². The quantitative estimate of drug-likeness (QED) is 0.264. The first kappa shape index (κ1) is 25.1. The predicted molar refractivity (Wildman–Crippen MR) is 141 cm³/mol. The third-order valence-corrected chi connectivity index (χ3v) is 6.68. The summed E-state index contributed by atoms with van der Waals surface area (Å²) in [5.74, 6) is 1.63. The number of nitrogens with one attached hydrogen (secondary N) is 1. The van der Waals surface area contributed by atoms with E-state index in [0.29, 0.717) is 21.6 Å². The fourth-order valence-corrected chi connectivity index (χ4v) is 4.63. The van der Waals surface area contributed by atoms with Crippen molar-refractivity contribution in [3.8, 4) is 11.4 Å². The predicted octanol–water partition coefficient (Wildman–Crippen LogP) is 6.18. The highest BCUT2D eigenvalue weighted by molar-refractivity contribution is 7.98. The first-order valence-electron chi connectivity index (χ1n) is 10.9. The van der Waals surface area contributed by atoms with E-state index < -0.39 is 0 Å². The van der Waals surface area contributed by atoms with E-state index in [1.165, 1.54) is 11.1 Å². The van der Waals surface area contributed by atoms with E-state index in [0.717, 1.165) is 22.2 Å². The SMILES string of the molecule is Cc1cccc(CSc2nnc(CNC(=O)COc3ccc(Cl)cc3)n2-c2cc(Cl)ccc2C)c1. The number of halogens is 2. The Morgan fingerprint density at radius 2 is 1.77 bits per heavy atom. The number of nitrogens with zero attached hydrogens (tertiary/aromatic N) is 3. The van der Waals surface area contributed by atoms with Crippen molar-refractivity contribution in [2.24, 2.45) is 0 Å². The zero-order chi connectivity index (χ0) is 24.8. The van der Waals surface area contributed by atoms with Gasteiger partial charge in [0, 0.05) is 15.8 Å². The minimum absolute atomic E-state index is 0.124. The molecule has 1 N–H and O–H groups in total. The third kappa shape index (κ3) is 6.78. The van der Waals surface area contributed by atoms with Gasteiger partial charge in [-0.15, -0.1) is 10.2 Å². The zero-order valence-electron chi connectivity index (χ0n) is 19.3. The van der Waals surface area contributed by atoms with Crippen LogP contribution >= 0.6 is 35.0 Å². The molecule has 0 saturated carbocycles. The number of aromatic nitrogens is 3. The summed E-state index contributed by atoms with van der Waals surface area (Å²) in [6.45, 7) is 4.14. The molecule has 1 amide bonds. The van der Waals surface area contributed by atoms with Crippen LogP contribution in [-0.2, 0) is 17.1 Å². The lowest BCUT2D eigenvalue weighted by atomic mass is 10.2. The van der Waals surface area contributed by atoms with Gasteiger partial charge in [0.05, 0.1) is 12.2 Å². The molecule has 0 saturated heterocycles. The number of amides is 1. The number of aryl methyl sites for hydroxylation is 2. The lowest BCUT2D eigenvalue weighted by molar-refractivity contribution is -0.123. The average Bonchev–Trinajstić information content (AvgIpc) is 3.25. The summed E-state index contributed by atoms with van der Waals surface area (Å²) in [4.78, 5) is 12.4. The number of thioether (sulfide) groups is 1. The van der Waals surface area contributed by atoms with E-state index >= 15 is 0 Å². The van der Waals surface area contributed by atoms with Gasteiger partial charge < -0.3 is 10.1 Å². The zero-order valence-corrected chi connectivity index (χ0v) is 21.6. The van der Waals surface area contributed by atoms with E-state index in [1.807, 2.05) is 35.8 Å². The molecule has 1 aromatic heterocycles. The van der Waals surface area contributed by atoms with Crippen molar-refractivity contribution in [2.75, 3.05) is 6.61 Å². The molecule has 1 heterocycles. The van der Waals surface area contributed by atoms with Gasteiger partial charge in [0.15, 0.2) is 17.6 Å². The maximum Gasteiger partial charge on any atom is 0.258 e. The summed E-state index contributed by atoms with van der Waals surface area (Å²) in [7, 11) is 0. The largest absolute Gasteiger partial charge is 0.484 e. The molecule has 0 radical (unpaired) electrons. The highest BCUT2D eigenvalue weighted by atomic mass is 35.5. The van der Waals surface area contributed by atoms with Crippen LogP contribution in [0.2, 0.25) is 10.0 Å². The molecule has 0 spiro atoms. The first-order chi connectivity index (χ1) is 16.9. The van der Waals surface area contributed by atoms with Crippen molar-refractivity contribution in [1.29, 1.82) is 0 Å². The Morgan fingerprint density at radius 1 is 1.00 bits per heavy atom. The van der Waals surface area contributed by atoms with Gasteiger partial charge in [0.2, 0.25) is 0 Å². The Hall–Kier alpha value is -3.00. The van der Waals surface area contributed by atoms with Crippen LogP contribution in [0.4, 0.5) is 0 Å². The molecule has 180 valence electrons. The molecule has 4 aromatic rings. The standard InChI is InChI=1S/C26H24Cl2N4O2S/c1-17-4-3-5-19(12-17)16-35-26-31-30-24(32(26)23-13-21(28)7-6-18(23)2)14-29-25(33)15-34-22-10-8-20(27)9-11-22/h3-13H,14-16H2,1-2H3,(H,29,33). The van der Waals surface area contributed by atoms with Gasteiger partial charge in [-0.2, -0.15) is 0 Å². The highest BCUT2D eigenvalue weighted by Crippen LogP contribution is 2.28. The number of carbonyl (C=O) groups excluding carboxylic acids is 1. The summed E-state index contributed by atoms with van der Waals surface area (Å²) < 4.78 is 7.47. The molecule has 9 heteroatoms. The number of rotatable bonds is 9. The summed E-state index contributed by atoms with van der Waals surface area (Å²) >= 11 is 13.8. The molecule has 0 aliphatic heterocycles. The molecule has 0 aliphatic carbocycles. The van der Waals surface area contributed by atoms with Crippen LogP contribution < -0.4 is 10.1 Å². The molecule has 35 heavy (non-hydrogen) atoms. The van der Waals surface area contributed by atoms with Gasteiger partial charge in [-0.3, -0.25) is 9.36 Å². The molecule has 3 aromatic carbocycles. The normalized spacial score (nSPS) is 10.9. The van der Waals surface area contributed by atoms with E-state index in [2.05, 4.69) is 40.6 Å². The number of benzene rings is 3. The summed E-state index contributed by atoms with van der Waals surface area (Å²) in [5.41, 5.74) is 4.29. The van der Waals surface area contributed by atoms with Gasteiger partial charge in [0.1, 0.15) is 5.75 Å². The second-order valence-corrected chi connectivity index (χ2v) is 9.78. The maximum absolute atomic E-state index is 12.4. The number of ether oxygens (including phenoxy) is 1. The summed E-state index contributed by atoms with van der Waals surface area (Å²) in [5, 5.41) is 13.6. The van der Waals surface area contributed by atoms with Crippen molar-refractivity contribution in [3.05, 3.63) is 99.3 Å². The van der Waals surface area contributed by atoms with Crippen LogP contribution in [0.3, 0.4) is 0 Å². The Kier molecular flexibility index (Phi) is 8.33. The third-order valence-electron chi connectivity index (χ3n) is 5.19. The molecule has 0 bridgehead atoms. The van der Waals surface area contributed by atoms with Crippen molar-refractivity contribution < 1.29 is 9.53 Å². The van der Waals surface area contributed by atoms with E-state index in [-0.39, 0.29) is 19.1 Å². The highest BCUT2D eigenvalue weighted by Gasteiger charge is 2.17. The van der Waals surface area contributed by atoms with E-state index in [4.69, 9.17) is 27.9 Å². The summed E-state index contributed by atoms with van der Waals surface area (Å²) in [6, 6.07) is 20.9. The Balaban J connectivity index is 1.50. The van der Waals surface area contributed by atoms with Crippen LogP contribution in [0.15, 0.2) is 71.9 Å². The van der Waals surface area contributed by atoms with Crippen LogP contribution in [0.25, 0.3) is 5.69 Å². The monoisotopic (exact) mass is 526 g/mol. The Bertz CT molecular complexity index is 1330. The van der Waals surface area contributed by atoms with E-state index in [9.17, 15) is 4.79 Å².